The second-order valence-corrected chi connectivity index (χ2v) is 5.51. The van der Waals surface area contributed by atoms with Gasteiger partial charge in [0.05, 0.1) is 0 Å². The molecule has 3 aromatic rings. The van der Waals surface area contributed by atoms with Crippen LogP contribution >= 0.6 is 0 Å². The van der Waals surface area contributed by atoms with Crippen LogP contribution in [-0.4, -0.2) is 0 Å². The van der Waals surface area contributed by atoms with Crippen molar-refractivity contribution in [3.8, 4) is 0 Å². The summed E-state index contributed by atoms with van der Waals surface area (Å²) in [5, 5.41) is 0. The number of hydrogen-bond donors (Lipinski definition) is 0. The van der Waals surface area contributed by atoms with Crippen LogP contribution in [-0.2, 0) is 0 Å². The van der Waals surface area contributed by atoms with Crippen LogP contribution in [0.4, 0.5) is 0 Å². The number of rotatable bonds is 4. The average Bonchev–Trinajstić information content (AvgIpc) is 2.62. The van der Waals surface area contributed by atoms with Gasteiger partial charge in [-0.3, -0.25) is 0 Å². The SMILES string of the molecule is C/C(=C\C(c1ccccc1)c1ccccc1)c1ccccc1. The Balaban J connectivity index is 2.03. The lowest BCUT2D eigenvalue weighted by Crippen LogP contribution is -1.98. The predicted molar refractivity (Wildman–Crippen MR) is 94.8 cm³/mol. The van der Waals surface area contributed by atoms with E-state index in [9.17, 15) is 0 Å². The second kappa shape index (κ2) is 6.91. The van der Waals surface area contributed by atoms with Crippen molar-refractivity contribution in [3.05, 3.63) is 114 Å². The first-order valence-corrected chi connectivity index (χ1v) is 7.68. The molecule has 0 heteroatoms. The Morgan fingerprint density at radius 2 is 1.05 bits per heavy atom. The maximum absolute atomic E-state index is 2.36. The van der Waals surface area contributed by atoms with Crippen molar-refractivity contribution in [2.24, 2.45) is 0 Å². The molecule has 0 atom stereocenters. The number of hydrogen-bond acceptors (Lipinski definition) is 0. The lowest BCUT2D eigenvalue weighted by molar-refractivity contribution is 1.03. The zero-order valence-electron chi connectivity index (χ0n) is 12.8. The molecule has 0 amide bonds. The third-order valence-corrected chi connectivity index (χ3v) is 3.96. The smallest absolute Gasteiger partial charge is 0.0275 e. The highest BCUT2D eigenvalue weighted by Crippen LogP contribution is 2.29. The molecule has 0 heterocycles. The Kier molecular flexibility index (Phi) is 4.50. The molecule has 0 nitrogen and oxygen atoms in total. The minimum atomic E-state index is 0.280. The van der Waals surface area contributed by atoms with Gasteiger partial charge < -0.3 is 0 Å². The second-order valence-electron chi connectivity index (χ2n) is 5.51. The van der Waals surface area contributed by atoms with Crippen molar-refractivity contribution in [3.63, 3.8) is 0 Å². The minimum Gasteiger partial charge on any atom is -0.0691 e. The molecule has 0 bridgehead atoms. The number of allylic oxidation sites excluding steroid dienone is 2. The highest BCUT2D eigenvalue weighted by Gasteiger charge is 2.11. The molecular formula is C22H20. The van der Waals surface area contributed by atoms with E-state index in [1.165, 1.54) is 22.3 Å². The van der Waals surface area contributed by atoms with Crippen molar-refractivity contribution in [1.82, 2.24) is 0 Å². The predicted octanol–water partition coefficient (Wildman–Crippen LogP) is 5.92. The van der Waals surface area contributed by atoms with E-state index in [1.54, 1.807) is 0 Å². The Bertz CT molecular complexity index is 685. The maximum Gasteiger partial charge on any atom is 0.0275 e. The molecule has 0 radical (unpaired) electrons. The van der Waals surface area contributed by atoms with Crippen LogP contribution in [0.25, 0.3) is 5.57 Å². The summed E-state index contributed by atoms with van der Waals surface area (Å²) in [7, 11) is 0. The van der Waals surface area contributed by atoms with Gasteiger partial charge in [0, 0.05) is 5.92 Å². The van der Waals surface area contributed by atoms with Gasteiger partial charge in [-0.25, -0.2) is 0 Å². The summed E-state index contributed by atoms with van der Waals surface area (Å²) in [5.74, 6) is 0.280. The Morgan fingerprint density at radius 1 is 0.636 bits per heavy atom. The van der Waals surface area contributed by atoms with Crippen LogP contribution < -0.4 is 0 Å². The van der Waals surface area contributed by atoms with Crippen molar-refractivity contribution in [2.45, 2.75) is 12.8 Å². The summed E-state index contributed by atoms with van der Waals surface area (Å²) >= 11 is 0. The molecule has 0 aliphatic rings. The monoisotopic (exact) mass is 284 g/mol. The summed E-state index contributed by atoms with van der Waals surface area (Å²) in [6.45, 7) is 2.19. The van der Waals surface area contributed by atoms with Crippen LogP contribution in [0.2, 0.25) is 0 Å². The first-order chi connectivity index (χ1) is 10.8. The van der Waals surface area contributed by atoms with Crippen molar-refractivity contribution in [1.29, 1.82) is 0 Å². The van der Waals surface area contributed by atoms with E-state index < -0.39 is 0 Å². The zero-order valence-corrected chi connectivity index (χ0v) is 12.8. The van der Waals surface area contributed by atoms with Gasteiger partial charge in [-0.2, -0.15) is 0 Å². The largest absolute Gasteiger partial charge is 0.0691 e. The van der Waals surface area contributed by atoms with E-state index in [-0.39, 0.29) is 5.92 Å². The molecule has 0 fully saturated rings. The highest BCUT2D eigenvalue weighted by atomic mass is 14.2. The molecule has 22 heavy (non-hydrogen) atoms. The zero-order chi connectivity index (χ0) is 15.2. The Labute approximate surface area is 132 Å². The summed E-state index contributed by atoms with van der Waals surface area (Å²) in [6, 6.07) is 31.9. The molecule has 3 rings (SSSR count). The van der Waals surface area contributed by atoms with Crippen LogP contribution in [0.15, 0.2) is 97.1 Å². The molecule has 0 saturated carbocycles. The quantitative estimate of drug-likeness (QED) is 0.557. The molecule has 3 aromatic carbocycles. The van der Waals surface area contributed by atoms with Gasteiger partial charge in [-0.05, 0) is 29.2 Å². The lowest BCUT2D eigenvalue weighted by Gasteiger charge is -2.16. The van der Waals surface area contributed by atoms with E-state index in [0.29, 0.717) is 0 Å². The average molecular weight is 284 g/mol. The fourth-order valence-corrected chi connectivity index (χ4v) is 2.75. The first kappa shape index (κ1) is 14.3. The van der Waals surface area contributed by atoms with Crippen LogP contribution in [0.3, 0.4) is 0 Å². The van der Waals surface area contributed by atoms with Gasteiger partial charge in [-0.1, -0.05) is 97.1 Å². The fourth-order valence-electron chi connectivity index (χ4n) is 2.75. The van der Waals surface area contributed by atoms with Crippen molar-refractivity contribution >= 4 is 5.57 Å². The summed E-state index contributed by atoms with van der Waals surface area (Å²) in [4.78, 5) is 0. The van der Waals surface area contributed by atoms with E-state index in [1.807, 2.05) is 0 Å². The van der Waals surface area contributed by atoms with E-state index in [0.717, 1.165) is 0 Å². The summed E-state index contributed by atoms with van der Waals surface area (Å²) < 4.78 is 0. The van der Waals surface area contributed by atoms with Crippen LogP contribution in [0.1, 0.15) is 29.5 Å². The van der Waals surface area contributed by atoms with Crippen LogP contribution in [0.5, 0.6) is 0 Å². The molecule has 0 N–H and O–H groups in total. The molecule has 0 aliphatic carbocycles. The van der Waals surface area contributed by atoms with E-state index in [4.69, 9.17) is 0 Å². The highest BCUT2D eigenvalue weighted by molar-refractivity contribution is 5.65. The Hall–Kier alpha value is -2.60. The third kappa shape index (κ3) is 3.35. The van der Waals surface area contributed by atoms with E-state index >= 15 is 0 Å². The van der Waals surface area contributed by atoms with Gasteiger partial charge in [0.15, 0.2) is 0 Å². The molecule has 0 spiro atoms. The summed E-state index contributed by atoms with van der Waals surface area (Å²) in [5.41, 5.74) is 5.23. The van der Waals surface area contributed by atoms with Crippen LogP contribution in [0, 0.1) is 0 Å². The Morgan fingerprint density at radius 3 is 1.50 bits per heavy atom. The standard InChI is InChI=1S/C22H20/c1-18(19-11-5-2-6-12-19)17-22(20-13-7-3-8-14-20)21-15-9-4-10-16-21/h2-17,22H,1H3/b18-17+. The van der Waals surface area contributed by atoms with Gasteiger partial charge in [0.25, 0.3) is 0 Å². The van der Waals surface area contributed by atoms with Crippen molar-refractivity contribution in [2.75, 3.05) is 0 Å². The molecule has 0 aliphatic heterocycles. The lowest BCUT2D eigenvalue weighted by atomic mass is 9.88. The van der Waals surface area contributed by atoms with Gasteiger partial charge in [0.2, 0.25) is 0 Å². The normalized spacial score (nSPS) is 11.6. The minimum absolute atomic E-state index is 0.280. The molecule has 0 aromatic heterocycles. The molecule has 108 valence electrons. The molecular weight excluding hydrogens is 264 g/mol. The van der Waals surface area contributed by atoms with Gasteiger partial charge in [-0.15, -0.1) is 0 Å². The third-order valence-electron chi connectivity index (χ3n) is 3.96. The fraction of sp³-hybridized carbons (Fsp3) is 0.0909. The molecule has 0 saturated heterocycles. The molecule has 0 unspecified atom stereocenters. The van der Waals surface area contributed by atoms with E-state index in [2.05, 4.69) is 104 Å². The topological polar surface area (TPSA) is 0 Å². The van der Waals surface area contributed by atoms with Crippen molar-refractivity contribution < 1.29 is 0 Å². The first-order valence-electron chi connectivity index (χ1n) is 7.68. The van der Waals surface area contributed by atoms with Gasteiger partial charge in [0.1, 0.15) is 0 Å². The van der Waals surface area contributed by atoms with Gasteiger partial charge >= 0.3 is 0 Å². The summed E-state index contributed by atoms with van der Waals surface area (Å²) in [6.07, 6.45) is 2.36. The maximum atomic E-state index is 2.36. The number of benzene rings is 3.